The molecule has 1 heterocycles. The summed E-state index contributed by atoms with van der Waals surface area (Å²) < 4.78 is 6.62. The summed E-state index contributed by atoms with van der Waals surface area (Å²) in [7, 11) is 1.67. The lowest BCUT2D eigenvalue weighted by molar-refractivity contribution is 0.412. The van der Waals surface area contributed by atoms with Crippen LogP contribution in [0.25, 0.3) is 11.3 Å². The molecule has 0 aliphatic heterocycles. The molecule has 0 fully saturated rings. The molecule has 0 saturated carbocycles. The Kier molecular flexibility index (Phi) is 3.34. The van der Waals surface area contributed by atoms with Gasteiger partial charge in [-0.1, -0.05) is 15.9 Å². The van der Waals surface area contributed by atoms with E-state index >= 15 is 0 Å². The minimum Gasteiger partial charge on any atom is -0.496 e. The lowest BCUT2D eigenvalue weighted by Gasteiger charge is -2.18. The van der Waals surface area contributed by atoms with E-state index in [1.807, 2.05) is 13.8 Å². The van der Waals surface area contributed by atoms with E-state index in [0.717, 1.165) is 32.6 Å². The van der Waals surface area contributed by atoms with Gasteiger partial charge >= 0.3 is 0 Å². The molecule has 1 aromatic carbocycles. The Morgan fingerprint density at radius 2 is 1.89 bits per heavy atom. The summed E-state index contributed by atoms with van der Waals surface area (Å²) in [6, 6.07) is 0. The van der Waals surface area contributed by atoms with E-state index < -0.39 is 0 Å². The van der Waals surface area contributed by atoms with Crippen molar-refractivity contribution in [3.05, 3.63) is 27.4 Å². The molecule has 5 heteroatoms. The summed E-state index contributed by atoms with van der Waals surface area (Å²) >= 11 is 3.62. The molecule has 2 aromatic rings. The molecular weight excluding hydrogens is 294 g/mol. The SMILES string of the molecule is COc1c(C)c(C)c(Br)c(C)c1-c1[nH]ncc1N. The van der Waals surface area contributed by atoms with E-state index in [1.54, 1.807) is 13.3 Å². The van der Waals surface area contributed by atoms with Crippen molar-refractivity contribution in [3.63, 3.8) is 0 Å². The fourth-order valence-corrected chi connectivity index (χ4v) is 2.63. The van der Waals surface area contributed by atoms with Crippen molar-refractivity contribution in [1.29, 1.82) is 0 Å². The standard InChI is InChI=1S/C13H16BrN3O/c1-6-7(2)13(18-4)10(8(3)11(6)14)12-9(15)5-16-17-12/h5H,15H2,1-4H3,(H,16,17). The molecule has 18 heavy (non-hydrogen) atoms. The van der Waals surface area contributed by atoms with E-state index in [-0.39, 0.29) is 0 Å². The van der Waals surface area contributed by atoms with Gasteiger partial charge in [0, 0.05) is 10.0 Å². The number of nitrogens with one attached hydrogen (secondary N) is 1. The fourth-order valence-electron chi connectivity index (χ4n) is 2.14. The number of methoxy groups -OCH3 is 1. The van der Waals surface area contributed by atoms with E-state index in [0.29, 0.717) is 5.69 Å². The number of nitrogens with zero attached hydrogens (tertiary/aromatic N) is 1. The summed E-state index contributed by atoms with van der Waals surface area (Å²) in [5, 5.41) is 6.91. The number of H-pyrrole nitrogens is 1. The highest BCUT2D eigenvalue weighted by atomic mass is 79.9. The van der Waals surface area contributed by atoms with Gasteiger partial charge in [0.15, 0.2) is 0 Å². The van der Waals surface area contributed by atoms with Crippen LogP contribution < -0.4 is 10.5 Å². The first-order valence-corrected chi connectivity index (χ1v) is 6.40. The maximum atomic E-state index is 5.94. The summed E-state index contributed by atoms with van der Waals surface area (Å²) in [5.41, 5.74) is 11.7. The summed E-state index contributed by atoms with van der Waals surface area (Å²) in [5.74, 6) is 0.837. The molecule has 0 unspecified atom stereocenters. The topological polar surface area (TPSA) is 63.9 Å². The first-order valence-electron chi connectivity index (χ1n) is 5.61. The van der Waals surface area contributed by atoms with Gasteiger partial charge in [-0.2, -0.15) is 5.10 Å². The number of anilines is 1. The van der Waals surface area contributed by atoms with Crippen LogP contribution in [0.15, 0.2) is 10.7 Å². The Bertz CT molecular complexity index is 605. The first kappa shape index (κ1) is 13.0. The zero-order valence-electron chi connectivity index (χ0n) is 10.9. The Hall–Kier alpha value is -1.49. The molecule has 0 bridgehead atoms. The second-order valence-corrected chi connectivity index (χ2v) is 5.09. The minimum absolute atomic E-state index is 0.617. The van der Waals surface area contributed by atoms with Gasteiger partial charge in [0.2, 0.25) is 0 Å². The van der Waals surface area contributed by atoms with Gasteiger partial charge in [-0.3, -0.25) is 5.10 Å². The Labute approximate surface area is 115 Å². The second-order valence-electron chi connectivity index (χ2n) is 4.30. The summed E-state index contributed by atoms with van der Waals surface area (Å²) in [6.07, 6.45) is 1.61. The quantitative estimate of drug-likeness (QED) is 0.894. The summed E-state index contributed by atoms with van der Waals surface area (Å²) in [6.45, 7) is 6.14. The van der Waals surface area contributed by atoms with Crippen molar-refractivity contribution in [2.45, 2.75) is 20.8 Å². The highest BCUT2D eigenvalue weighted by Crippen LogP contribution is 2.42. The number of nitrogen functional groups attached to an aromatic ring is 1. The molecule has 3 N–H and O–H groups in total. The van der Waals surface area contributed by atoms with Gasteiger partial charge in [0.25, 0.3) is 0 Å². The number of aromatic nitrogens is 2. The molecule has 0 amide bonds. The molecule has 0 saturated heterocycles. The third-order valence-corrected chi connectivity index (χ3v) is 4.48. The van der Waals surface area contributed by atoms with Crippen molar-refractivity contribution in [2.24, 2.45) is 0 Å². The van der Waals surface area contributed by atoms with Crippen molar-refractivity contribution >= 4 is 21.6 Å². The van der Waals surface area contributed by atoms with Crippen LogP contribution in [0.1, 0.15) is 16.7 Å². The molecule has 2 rings (SSSR count). The molecule has 0 radical (unpaired) electrons. The maximum absolute atomic E-state index is 5.94. The fraction of sp³-hybridized carbons (Fsp3) is 0.308. The van der Waals surface area contributed by atoms with Crippen LogP contribution in [0.5, 0.6) is 5.75 Å². The molecule has 0 aliphatic rings. The lowest BCUT2D eigenvalue weighted by atomic mass is 9.96. The van der Waals surface area contributed by atoms with Gasteiger partial charge in [0.05, 0.1) is 24.7 Å². The van der Waals surface area contributed by atoms with Crippen molar-refractivity contribution in [2.75, 3.05) is 12.8 Å². The Morgan fingerprint density at radius 3 is 2.39 bits per heavy atom. The van der Waals surface area contributed by atoms with E-state index in [9.17, 15) is 0 Å². The zero-order chi connectivity index (χ0) is 13.4. The highest BCUT2D eigenvalue weighted by molar-refractivity contribution is 9.10. The number of aromatic amines is 1. The smallest absolute Gasteiger partial charge is 0.131 e. The van der Waals surface area contributed by atoms with Crippen molar-refractivity contribution < 1.29 is 4.74 Å². The average Bonchev–Trinajstić information content (AvgIpc) is 2.77. The van der Waals surface area contributed by atoms with Crippen LogP contribution in [0.2, 0.25) is 0 Å². The molecule has 96 valence electrons. The average molecular weight is 310 g/mol. The molecule has 0 atom stereocenters. The van der Waals surface area contributed by atoms with Crippen LogP contribution in [-0.4, -0.2) is 17.3 Å². The van der Waals surface area contributed by atoms with E-state index in [4.69, 9.17) is 10.5 Å². The van der Waals surface area contributed by atoms with Crippen molar-refractivity contribution in [1.82, 2.24) is 10.2 Å². The van der Waals surface area contributed by atoms with Gasteiger partial charge < -0.3 is 10.5 Å². The number of halogens is 1. The lowest BCUT2D eigenvalue weighted by Crippen LogP contribution is -2.00. The number of benzene rings is 1. The third kappa shape index (κ3) is 1.79. The minimum atomic E-state index is 0.617. The molecule has 4 nitrogen and oxygen atoms in total. The van der Waals surface area contributed by atoms with Crippen LogP contribution in [0, 0.1) is 20.8 Å². The van der Waals surface area contributed by atoms with Crippen LogP contribution in [0.4, 0.5) is 5.69 Å². The largest absolute Gasteiger partial charge is 0.496 e. The van der Waals surface area contributed by atoms with Gasteiger partial charge in [0.1, 0.15) is 5.75 Å². The highest BCUT2D eigenvalue weighted by Gasteiger charge is 2.20. The van der Waals surface area contributed by atoms with Gasteiger partial charge in [-0.05, 0) is 37.5 Å². The summed E-state index contributed by atoms with van der Waals surface area (Å²) in [4.78, 5) is 0. The van der Waals surface area contributed by atoms with Gasteiger partial charge in [-0.25, -0.2) is 0 Å². The van der Waals surface area contributed by atoms with Crippen LogP contribution >= 0.6 is 15.9 Å². The number of hydrogen-bond donors (Lipinski definition) is 2. The Morgan fingerprint density at radius 1 is 1.22 bits per heavy atom. The normalized spacial score (nSPS) is 10.7. The first-order chi connectivity index (χ1) is 8.49. The predicted octanol–water partition coefficient (Wildman–Crippen LogP) is 3.36. The van der Waals surface area contributed by atoms with Crippen molar-refractivity contribution in [3.8, 4) is 17.0 Å². The number of rotatable bonds is 2. The zero-order valence-corrected chi connectivity index (χ0v) is 12.5. The monoisotopic (exact) mass is 309 g/mol. The van der Waals surface area contributed by atoms with E-state index in [1.165, 1.54) is 5.56 Å². The third-order valence-electron chi connectivity index (χ3n) is 3.29. The van der Waals surface area contributed by atoms with Gasteiger partial charge in [-0.15, -0.1) is 0 Å². The van der Waals surface area contributed by atoms with Crippen LogP contribution in [0.3, 0.4) is 0 Å². The number of ether oxygens (including phenoxy) is 1. The number of hydrogen-bond acceptors (Lipinski definition) is 3. The molecule has 1 aromatic heterocycles. The molecular formula is C13H16BrN3O. The Balaban J connectivity index is 2.86. The van der Waals surface area contributed by atoms with E-state index in [2.05, 4.69) is 33.1 Å². The predicted molar refractivity (Wildman–Crippen MR) is 76.9 cm³/mol. The maximum Gasteiger partial charge on any atom is 0.131 e. The van der Waals surface area contributed by atoms with Crippen LogP contribution in [-0.2, 0) is 0 Å². The second kappa shape index (κ2) is 4.65. The molecule has 0 spiro atoms. The number of nitrogens with two attached hydrogens (primary N) is 1. The molecule has 0 aliphatic carbocycles.